The number of ether oxygens (including phenoxy) is 1. The molecule has 0 N–H and O–H groups in total. The molecule has 1 amide bonds. The first-order chi connectivity index (χ1) is 13.8. The number of sulfonamides is 1. The van der Waals surface area contributed by atoms with Gasteiger partial charge in [-0.2, -0.15) is 4.31 Å². The Morgan fingerprint density at radius 1 is 1.28 bits per heavy atom. The maximum absolute atomic E-state index is 13.6. The Hall–Kier alpha value is -1.55. The van der Waals surface area contributed by atoms with Gasteiger partial charge in [0, 0.05) is 13.2 Å². The van der Waals surface area contributed by atoms with Crippen molar-refractivity contribution in [2.75, 3.05) is 30.9 Å². The second-order valence-corrected chi connectivity index (χ2v) is 10.9. The van der Waals surface area contributed by atoms with Crippen LogP contribution >= 0.6 is 11.3 Å². The Bertz CT molecular complexity index is 989. The van der Waals surface area contributed by atoms with Crippen molar-refractivity contribution in [1.82, 2.24) is 9.29 Å². The number of nitrogens with zero attached hydrogens (tertiary/aromatic N) is 3. The molecule has 0 aliphatic carbocycles. The lowest BCUT2D eigenvalue weighted by molar-refractivity contribution is -0.122. The molecule has 0 saturated carbocycles. The zero-order valence-corrected chi connectivity index (χ0v) is 18.7. The first-order valence-corrected chi connectivity index (χ1v) is 12.7. The van der Waals surface area contributed by atoms with E-state index in [1.807, 2.05) is 19.9 Å². The molecule has 2 fully saturated rings. The molecule has 1 aromatic carbocycles. The highest BCUT2D eigenvalue weighted by Crippen LogP contribution is 2.35. The van der Waals surface area contributed by atoms with Crippen LogP contribution in [-0.4, -0.2) is 61.7 Å². The van der Waals surface area contributed by atoms with E-state index in [9.17, 15) is 13.2 Å². The van der Waals surface area contributed by atoms with E-state index in [-0.39, 0.29) is 12.0 Å². The van der Waals surface area contributed by atoms with E-state index in [1.54, 1.807) is 4.90 Å². The summed E-state index contributed by atoms with van der Waals surface area (Å²) in [6.45, 7) is 5.55. The molecule has 0 spiro atoms. The van der Waals surface area contributed by atoms with Crippen LogP contribution in [0.1, 0.15) is 36.8 Å². The third kappa shape index (κ3) is 4.05. The highest BCUT2D eigenvalue weighted by molar-refractivity contribution is 7.88. The lowest BCUT2D eigenvalue weighted by Crippen LogP contribution is -2.49. The third-order valence-electron chi connectivity index (χ3n) is 5.75. The van der Waals surface area contributed by atoms with E-state index < -0.39 is 16.1 Å². The van der Waals surface area contributed by atoms with Gasteiger partial charge in [0.2, 0.25) is 15.9 Å². The van der Waals surface area contributed by atoms with Crippen LogP contribution in [0.3, 0.4) is 0 Å². The van der Waals surface area contributed by atoms with Crippen LogP contribution in [0.5, 0.6) is 0 Å². The molecular weight excluding hydrogens is 410 g/mol. The van der Waals surface area contributed by atoms with Gasteiger partial charge in [0.05, 0.1) is 29.1 Å². The molecule has 158 valence electrons. The van der Waals surface area contributed by atoms with Crippen molar-refractivity contribution < 1.29 is 17.9 Å². The first kappa shape index (κ1) is 20.7. The number of carbonyl (C=O) groups excluding carboxylic acids is 1. The Morgan fingerprint density at radius 2 is 2.03 bits per heavy atom. The van der Waals surface area contributed by atoms with Crippen molar-refractivity contribution in [2.45, 2.75) is 51.7 Å². The summed E-state index contributed by atoms with van der Waals surface area (Å²) in [4.78, 5) is 20.0. The normalized spacial score (nSPS) is 23.1. The Labute approximate surface area is 175 Å². The van der Waals surface area contributed by atoms with Gasteiger partial charge in [0.1, 0.15) is 6.04 Å². The number of aromatic nitrogens is 1. The summed E-state index contributed by atoms with van der Waals surface area (Å²) in [7, 11) is -3.44. The molecule has 2 saturated heterocycles. The number of amides is 1. The Balaban J connectivity index is 1.73. The highest BCUT2D eigenvalue weighted by Gasteiger charge is 2.40. The van der Waals surface area contributed by atoms with Crippen LogP contribution in [0.25, 0.3) is 10.2 Å². The lowest BCUT2D eigenvalue weighted by atomic mass is 10.1. The molecule has 2 unspecified atom stereocenters. The van der Waals surface area contributed by atoms with E-state index >= 15 is 0 Å². The number of hydrogen-bond acceptors (Lipinski definition) is 6. The third-order valence-corrected chi connectivity index (χ3v) is 8.26. The van der Waals surface area contributed by atoms with Gasteiger partial charge in [0.15, 0.2) is 5.13 Å². The van der Waals surface area contributed by atoms with Crippen LogP contribution in [0.2, 0.25) is 0 Å². The van der Waals surface area contributed by atoms with Crippen molar-refractivity contribution in [3.8, 4) is 0 Å². The maximum Gasteiger partial charge on any atom is 0.247 e. The molecule has 7 nitrogen and oxygen atoms in total. The lowest BCUT2D eigenvalue weighted by Gasteiger charge is -2.29. The van der Waals surface area contributed by atoms with E-state index in [4.69, 9.17) is 9.72 Å². The van der Waals surface area contributed by atoms with Gasteiger partial charge in [0.25, 0.3) is 0 Å². The SMILES string of the molecule is Cc1ccc(C)c2sc(N(CC3CCCO3)C(=O)C3CCCN3S(C)(=O)=O)nc12. The van der Waals surface area contributed by atoms with Gasteiger partial charge < -0.3 is 4.74 Å². The quantitative estimate of drug-likeness (QED) is 0.719. The average Bonchev–Trinajstić information content (AvgIpc) is 3.41. The number of fused-ring (bicyclic) bond motifs is 1. The molecular formula is C20H27N3O4S2. The number of aryl methyl sites for hydroxylation is 2. The molecule has 3 heterocycles. The zero-order valence-electron chi connectivity index (χ0n) is 17.1. The van der Waals surface area contributed by atoms with E-state index in [1.165, 1.54) is 21.9 Å². The number of rotatable bonds is 5. The molecule has 2 aliphatic heterocycles. The minimum atomic E-state index is -3.44. The van der Waals surface area contributed by atoms with E-state index in [2.05, 4.69) is 6.07 Å². The van der Waals surface area contributed by atoms with Crippen LogP contribution in [0.15, 0.2) is 12.1 Å². The van der Waals surface area contributed by atoms with E-state index in [0.717, 1.165) is 34.2 Å². The summed E-state index contributed by atoms with van der Waals surface area (Å²) in [6.07, 6.45) is 4.23. The number of thiazole rings is 1. The topological polar surface area (TPSA) is 79.8 Å². The number of carbonyl (C=O) groups is 1. The van der Waals surface area contributed by atoms with Gasteiger partial charge in [-0.25, -0.2) is 13.4 Å². The van der Waals surface area contributed by atoms with Gasteiger partial charge in [-0.1, -0.05) is 23.5 Å². The number of benzene rings is 1. The predicted octanol–water partition coefficient (Wildman–Crippen LogP) is 2.85. The molecule has 9 heteroatoms. The summed E-state index contributed by atoms with van der Waals surface area (Å²) < 4.78 is 32.6. The number of anilines is 1. The molecule has 0 radical (unpaired) electrons. The molecule has 2 aliphatic rings. The second-order valence-electron chi connectivity index (χ2n) is 7.99. The van der Waals surface area contributed by atoms with Gasteiger partial charge in [-0.15, -0.1) is 0 Å². The molecule has 1 aromatic heterocycles. The fourth-order valence-electron chi connectivity index (χ4n) is 4.18. The fourth-order valence-corrected chi connectivity index (χ4v) is 6.43. The predicted molar refractivity (Wildman–Crippen MR) is 115 cm³/mol. The highest BCUT2D eigenvalue weighted by atomic mass is 32.2. The fraction of sp³-hybridized carbons (Fsp3) is 0.600. The van der Waals surface area contributed by atoms with Crippen molar-refractivity contribution >= 4 is 42.6 Å². The second kappa shape index (κ2) is 7.94. The van der Waals surface area contributed by atoms with Crippen LogP contribution in [-0.2, 0) is 19.6 Å². The summed E-state index contributed by atoms with van der Waals surface area (Å²) in [5, 5.41) is 0.623. The van der Waals surface area contributed by atoms with E-state index in [0.29, 0.717) is 37.7 Å². The van der Waals surface area contributed by atoms with Crippen molar-refractivity contribution in [3.63, 3.8) is 0 Å². The minimum Gasteiger partial charge on any atom is -0.376 e. The Morgan fingerprint density at radius 3 is 2.69 bits per heavy atom. The maximum atomic E-state index is 13.6. The summed E-state index contributed by atoms with van der Waals surface area (Å²) in [5.74, 6) is -0.196. The van der Waals surface area contributed by atoms with Crippen LogP contribution in [0.4, 0.5) is 5.13 Å². The molecule has 0 bridgehead atoms. The van der Waals surface area contributed by atoms with Gasteiger partial charge >= 0.3 is 0 Å². The standard InChI is InChI=1S/C20H27N3O4S2/c1-13-8-9-14(2)18-17(13)21-20(28-18)22(12-15-6-5-11-27-15)19(24)16-7-4-10-23(16)29(3,25)26/h8-9,15-16H,4-7,10-12H2,1-3H3. The van der Waals surface area contributed by atoms with Crippen molar-refractivity contribution in [1.29, 1.82) is 0 Å². The first-order valence-electron chi connectivity index (χ1n) is 10.0. The largest absolute Gasteiger partial charge is 0.376 e. The monoisotopic (exact) mass is 437 g/mol. The van der Waals surface area contributed by atoms with Gasteiger partial charge in [-0.3, -0.25) is 9.69 Å². The Kier molecular flexibility index (Phi) is 5.67. The summed E-state index contributed by atoms with van der Waals surface area (Å²) in [5.41, 5.74) is 3.09. The average molecular weight is 438 g/mol. The molecule has 4 rings (SSSR count). The van der Waals surface area contributed by atoms with Crippen LogP contribution in [0, 0.1) is 13.8 Å². The zero-order chi connectivity index (χ0) is 20.8. The van der Waals surface area contributed by atoms with Gasteiger partial charge in [-0.05, 0) is 50.7 Å². The summed E-state index contributed by atoms with van der Waals surface area (Å²) in [6, 6.07) is 3.44. The smallest absolute Gasteiger partial charge is 0.247 e. The van der Waals surface area contributed by atoms with Crippen LogP contribution < -0.4 is 4.90 Å². The minimum absolute atomic E-state index is 0.0405. The molecule has 29 heavy (non-hydrogen) atoms. The van der Waals surface area contributed by atoms with Crippen molar-refractivity contribution in [2.24, 2.45) is 0 Å². The molecule has 2 atom stereocenters. The van der Waals surface area contributed by atoms with Crippen molar-refractivity contribution in [3.05, 3.63) is 23.3 Å². The summed E-state index contributed by atoms with van der Waals surface area (Å²) >= 11 is 1.50. The molecule has 2 aromatic rings. The number of hydrogen-bond donors (Lipinski definition) is 0.